The number of aliphatic carboxylic acids is 1. The fraction of sp³-hybridized carbons (Fsp3) is 0.278. The lowest BCUT2D eigenvalue weighted by Gasteiger charge is -2.16. The molecule has 0 atom stereocenters. The Bertz CT molecular complexity index is 643. The molecular weight excluding hydrogens is 310 g/mol. The molecule has 0 aliphatic rings. The van der Waals surface area contributed by atoms with Crippen molar-refractivity contribution in [3.63, 3.8) is 0 Å². The van der Waals surface area contributed by atoms with Crippen LogP contribution < -0.4 is 4.74 Å². The third kappa shape index (κ3) is 5.96. The summed E-state index contributed by atoms with van der Waals surface area (Å²) in [6.07, 6.45) is 0. The molecule has 2 aromatic rings. The van der Waals surface area contributed by atoms with E-state index < -0.39 is 5.97 Å². The van der Waals surface area contributed by atoms with E-state index in [2.05, 4.69) is 31.2 Å². The number of rotatable bonds is 8. The van der Waals surface area contributed by atoms with Gasteiger partial charge in [0, 0.05) is 11.4 Å². The lowest BCUT2D eigenvalue weighted by Crippen LogP contribution is -2.29. The first-order valence-corrected chi connectivity index (χ1v) is 8.23. The summed E-state index contributed by atoms with van der Waals surface area (Å²) in [7, 11) is 1.77. The molecule has 0 amide bonds. The van der Waals surface area contributed by atoms with E-state index in [-0.39, 0.29) is 6.54 Å². The molecule has 0 aromatic heterocycles. The predicted octanol–water partition coefficient (Wildman–Crippen LogP) is 3.54. The minimum atomic E-state index is -0.831. The van der Waals surface area contributed by atoms with Crippen LogP contribution in [0.5, 0.6) is 5.75 Å². The van der Waals surface area contributed by atoms with E-state index in [0.29, 0.717) is 13.2 Å². The van der Waals surface area contributed by atoms with E-state index >= 15 is 0 Å². The van der Waals surface area contributed by atoms with Crippen molar-refractivity contribution in [2.24, 2.45) is 0 Å². The van der Waals surface area contributed by atoms with Gasteiger partial charge in [-0.3, -0.25) is 9.69 Å². The summed E-state index contributed by atoms with van der Waals surface area (Å²) in [5.74, 6) is -0.00960. The molecule has 2 aromatic carbocycles. The number of likely N-dealkylation sites (N-methyl/N-ethyl adjacent to an activating group) is 1. The van der Waals surface area contributed by atoms with Gasteiger partial charge in [-0.1, -0.05) is 41.6 Å². The van der Waals surface area contributed by atoms with E-state index in [9.17, 15) is 4.79 Å². The molecule has 5 heteroatoms. The standard InChI is InChI=1S/C18H21NO3S/c1-14-7-9-15(10-8-14)23-17-6-4-3-5-16(17)22-12-11-19(2)13-18(20)21/h3-10H,11-13H2,1-2H3,(H,20,21). The maximum atomic E-state index is 10.6. The van der Waals surface area contributed by atoms with Crippen LogP contribution in [0.3, 0.4) is 0 Å². The fourth-order valence-corrected chi connectivity index (χ4v) is 2.91. The van der Waals surface area contributed by atoms with Crippen LogP contribution >= 0.6 is 11.8 Å². The van der Waals surface area contributed by atoms with Crippen LogP contribution in [0.1, 0.15) is 5.56 Å². The Hall–Kier alpha value is -1.98. The molecule has 122 valence electrons. The van der Waals surface area contributed by atoms with Crippen LogP contribution in [0, 0.1) is 6.92 Å². The monoisotopic (exact) mass is 331 g/mol. The van der Waals surface area contributed by atoms with Crippen molar-refractivity contribution >= 4 is 17.7 Å². The summed E-state index contributed by atoms with van der Waals surface area (Å²) >= 11 is 1.66. The molecule has 0 unspecified atom stereocenters. The summed E-state index contributed by atoms with van der Waals surface area (Å²) in [5, 5.41) is 8.74. The first kappa shape index (κ1) is 17.4. The highest BCUT2D eigenvalue weighted by Crippen LogP contribution is 2.34. The number of nitrogens with zero attached hydrogens (tertiary/aromatic N) is 1. The molecule has 1 N–H and O–H groups in total. The number of aryl methyl sites for hydroxylation is 1. The quantitative estimate of drug-likeness (QED) is 0.802. The molecule has 0 heterocycles. The number of ether oxygens (including phenoxy) is 1. The van der Waals surface area contributed by atoms with Crippen LogP contribution in [-0.4, -0.2) is 42.7 Å². The van der Waals surface area contributed by atoms with Crippen molar-refractivity contribution in [1.29, 1.82) is 0 Å². The second-order valence-corrected chi connectivity index (χ2v) is 6.46. The fourth-order valence-electron chi connectivity index (χ4n) is 2.01. The number of para-hydroxylation sites is 1. The summed E-state index contributed by atoms with van der Waals surface area (Å²) in [6, 6.07) is 16.3. The van der Waals surface area contributed by atoms with E-state index in [1.54, 1.807) is 23.7 Å². The van der Waals surface area contributed by atoms with Crippen molar-refractivity contribution in [1.82, 2.24) is 4.90 Å². The van der Waals surface area contributed by atoms with Gasteiger partial charge in [-0.15, -0.1) is 0 Å². The molecule has 2 rings (SSSR count). The highest BCUT2D eigenvalue weighted by Gasteiger charge is 2.07. The van der Waals surface area contributed by atoms with Gasteiger partial charge in [-0.25, -0.2) is 0 Å². The molecule has 0 radical (unpaired) electrons. The van der Waals surface area contributed by atoms with Crippen LogP contribution in [0.2, 0.25) is 0 Å². The number of benzene rings is 2. The van der Waals surface area contributed by atoms with Gasteiger partial charge in [-0.05, 0) is 38.2 Å². The third-order valence-electron chi connectivity index (χ3n) is 3.23. The highest BCUT2D eigenvalue weighted by atomic mass is 32.2. The van der Waals surface area contributed by atoms with Gasteiger partial charge in [0.05, 0.1) is 11.4 Å². The molecule has 0 fully saturated rings. The summed E-state index contributed by atoms with van der Waals surface area (Å²) < 4.78 is 5.83. The Morgan fingerprint density at radius 1 is 1.17 bits per heavy atom. The first-order valence-electron chi connectivity index (χ1n) is 7.41. The molecule has 4 nitrogen and oxygen atoms in total. The Morgan fingerprint density at radius 2 is 1.87 bits per heavy atom. The average Bonchev–Trinajstić information content (AvgIpc) is 2.50. The zero-order valence-corrected chi connectivity index (χ0v) is 14.2. The SMILES string of the molecule is Cc1ccc(Sc2ccccc2OCCN(C)CC(=O)O)cc1. The van der Waals surface area contributed by atoms with Gasteiger partial charge in [0.15, 0.2) is 0 Å². The largest absolute Gasteiger partial charge is 0.491 e. The molecule has 0 saturated carbocycles. The van der Waals surface area contributed by atoms with Crippen LogP contribution in [-0.2, 0) is 4.79 Å². The number of carboxylic acids is 1. The smallest absolute Gasteiger partial charge is 0.317 e. The van der Waals surface area contributed by atoms with Crippen LogP contribution in [0.4, 0.5) is 0 Å². The Labute approximate surface area is 141 Å². The van der Waals surface area contributed by atoms with Crippen LogP contribution in [0.25, 0.3) is 0 Å². The topological polar surface area (TPSA) is 49.8 Å². The zero-order valence-electron chi connectivity index (χ0n) is 13.4. The molecule has 23 heavy (non-hydrogen) atoms. The maximum absolute atomic E-state index is 10.6. The lowest BCUT2D eigenvalue weighted by atomic mass is 10.2. The normalized spacial score (nSPS) is 10.7. The van der Waals surface area contributed by atoms with Gasteiger partial charge in [-0.2, -0.15) is 0 Å². The average molecular weight is 331 g/mol. The summed E-state index contributed by atoms with van der Waals surface area (Å²) in [5.41, 5.74) is 1.24. The number of hydrogen-bond acceptors (Lipinski definition) is 4. The third-order valence-corrected chi connectivity index (χ3v) is 4.30. The molecule has 0 saturated heterocycles. The van der Waals surface area contributed by atoms with Crippen molar-refractivity contribution in [2.45, 2.75) is 16.7 Å². The van der Waals surface area contributed by atoms with Crippen LogP contribution in [0.15, 0.2) is 58.3 Å². The van der Waals surface area contributed by atoms with Crippen molar-refractivity contribution in [3.8, 4) is 5.75 Å². The zero-order chi connectivity index (χ0) is 16.7. The number of hydrogen-bond donors (Lipinski definition) is 1. The Kier molecular flexibility index (Phi) is 6.50. The predicted molar refractivity (Wildman–Crippen MR) is 92.4 cm³/mol. The van der Waals surface area contributed by atoms with Crippen molar-refractivity contribution < 1.29 is 14.6 Å². The second-order valence-electron chi connectivity index (χ2n) is 5.34. The van der Waals surface area contributed by atoms with Gasteiger partial charge < -0.3 is 9.84 Å². The van der Waals surface area contributed by atoms with E-state index in [1.165, 1.54) is 5.56 Å². The second kappa shape index (κ2) is 8.60. The molecule has 0 aliphatic carbocycles. The Morgan fingerprint density at radius 3 is 2.57 bits per heavy atom. The van der Waals surface area contributed by atoms with Gasteiger partial charge >= 0.3 is 5.97 Å². The first-order chi connectivity index (χ1) is 11.0. The van der Waals surface area contributed by atoms with Gasteiger partial charge in [0.2, 0.25) is 0 Å². The Balaban J connectivity index is 1.94. The maximum Gasteiger partial charge on any atom is 0.317 e. The van der Waals surface area contributed by atoms with E-state index in [0.717, 1.165) is 15.5 Å². The van der Waals surface area contributed by atoms with Crippen molar-refractivity contribution in [2.75, 3.05) is 26.7 Å². The molecule has 0 aliphatic heterocycles. The minimum Gasteiger partial charge on any atom is -0.491 e. The number of carbonyl (C=O) groups is 1. The van der Waals surface area contributed by atoms with E-state index in [1.807, 2.05) is 24.3 Å². The summed E-state index contributed by atoms with van der Waals surface area (Å²) in [4.78, 5) is 14.6. The van der Waals surface area contributed by atoms with Gasteiger partial charge in [0.1, 0.15) is 12.4 Å². The van der Waals surface area contributed by atoms with Crippen molar-refractivity contribution in [3.05, 3.63) is 54.1 Å². The number of carboxylic acid groups (broad SMARTS) is 1. The lowest BCUT2D eigenvalue weighted by molar-refractivity contribution is -0.138. The molecule has 0 spiro atoms. The molecular formula is C18H21NO3S. The van der Waals surface area contributed by atoms with Gasteiger partial charge in [0.25, 0.3) is 0 Å². The molecule has 0 bridgehead atoms. The summed E-state index contributed by atoms with van der Waals surface area (Å²) in [6.45, 7) is 3.10. The van der Waals surface area contributed by atoms with E-state index in [4.69, 9.17) is 9.84 Å². The minimum absolute atomic E-state index is 0.0170. The highest BCUT2D eigenvalue weighted by molar-refractivity contribution is 7.99.